The summed E-state index contributed by atoms with van der Waals surface area (Å²) >= 11 is 9.89. The van der Waals surface area contributed by atoms with E-state index in [1.54, 1.807) is 11.0 Å². The highest BCUT2D eigenvalue weighted by molar-refractivity contribution is 9.10. The largest absolute Gasteiger partial charge is 0.394 e. The second-order valence-electron chi connectivity index (χ2n) is 10.3. The number of nitrogens with zero attached hydrogens (tertiary/aromatic N) is 1. The molecule has 3 rings (SSSR count). The van der Waals surface area contributed by atoms with Crippen molar-refractivity contribution in [3.05, 3.63) is 68.4 Å². The van der Waals surface area contributed by atoms with Crippen LogP contribution >= 0.6 is 27.5 Å². The Hall–Kier alpha value is -1.21. The molecular weight excluding hydrogens is 509 g/mol. The van der Waals surface area contributed by atoms with Crippen molar-refractivity contribution < 1.29 is 14.3 Å². The maximum Gasteiger partial charge on any atom is 0.228 e. The molecule has 1 aliphatic rings. The first kappa shape index (κ1) is 25.4. The second-order valence-corrected chi connectivity index (χ2v) is 17.1. The van der Waals surface area contributed by atoms with Gasteiger partial charge in [-0.15, -0.1) is 0 Å². The summed E-state index contributed by atoms with van der Waals surface area (Å²) in [6.07, 6.45) is 0.408. The standard InChI is InChI=1S/C25H32BrClFNO2Si/c1-15-16-9-7-10-19(26)17(16)13-22(24(31)32(5,6)25(2,3)4)29(15)23(30)14-18-20(27)11-8-12-21(18)28/h7-12,15,22,24,31H,13-14H2,1-6H3/t15-,22+,24?/m0/s1. The summed E-state index contributed by atoms with van der Waals surface area (Å²) in [6.45, 7) is 12.8. The minimum Gasteiger partial charge on any atom is -0.394 e. The lowest BCUT2D eigenvalue weighted by molar-refractivity contribution is -0.138. The van der Waals surface area contributed by atoms with Crippen LogP contribution < -0.4 is 0 Å². The van der Waals surface area contributed by atoms with Crippen LogP contribution in [0.15, 0.2) is 40.9 Å². The Kier molecular flexibility index (Phi) is 7.31. The summed E-state index contributed by atoms with van der Waals surface area (Å²) < 4.78 is 15.4. The molecule has 0 fully saturated rings. The van der Waals surface area contributed by atoms with Gasteiger partial charge in [-0.2, -0.15) is 0 Å². The van der Waals surface area contributed by atoms with Gasteiger partial charge in [-0.3, -0.25) is 4.79 Å². The fraction of sp³-hybridized carbons (Fsp3) is 0.480. The molecule has 174 valence electrons. The molecule has 1 aliphatic heterocycles. The molecule has 2 aromatic carbocycles. The number of amides is 1. The van der Waals surface area contributed by atoms with Gasteiger partial charge in [-0.25, -0.2) is 4.39 Å². The van der Waals surface area contributed by atoms with Crippen molar-refractivity contribution in [1.82, 2.24) is 4.90 Å². The summed E-state index contributed by atoms with van der Waals surface area (Å²) in [5, 5.41) is 11.9. The number of fused-ring (bicyclic) bond motifs is 1. The molecule has 0 saturated carbocycles. The van der Waals surface area contributed by atoms with Crippen molar-refractivity contribution in [2.75, 3.05) is 0 Å². The van der Waals surface area contributed by atoms with E-state index >= 15 is 0 Å². The number of rotatable bonds is 4. The third-order valence-electron chi connectivity index (χ3n) is 7.51. The predicted molar refractivity (Wildman–Crippen MR) is 135 cm³/mol. The Morgan fingerprint density at radius 2 is 1.91 bits per heavy atom. The molecule has 0 radical (unpaired) electrons. The van der Waals surface area contributed by atoms with E-state index in [0.29, 0.717) is 6.42 Å². The lowest BCUT2D eigenvalue weighted by Crippen LogP contribution is -2.62. The van der Waals surface area contributed by atoms with Crippen molar-refractivity contribution in [3.63, 3.8) is 0 Å². The molecule has 0 aromatic heterocycles. The third-order valence-corrected chi connectivity index (χ3v) is 14.3. The highest BCUT2D eigenvalue weighted by atomic mass is 79.9. The zero-order chi connectivity index (χ0) is 24.0. The quantitative estimate of drug-likeness (QED) is 0.438. The van der Waals surface area contributed by atoms with Crippen molar-refractivity contribution in [3.8, 4) is 0 Å². The summed E-state index contributed by atoms with van der Waals surface area (Å²) in [6, 6.07) is 9.79. The SMILES string of the molecule is C[C@H]1c2cccc(Br)c2C[C@H](C(O)[Si](C)(C)C(C)(C)C)N1C(=O)Cc1c(F)cccc1Cl. The lowest BCUT2D eigenvalue weighted by Gasteiger charge is -2.50. The number of benzene rings is 2. The van der Waals surface area contributed by atoms with E-state index < -0.39 is 25.7 Å². The highest BCUT2D eigenvalue weighted by Gasteiger charge is 2.49. The van der Waals surface area contributed by atoms with E-state index in [-0.39, 0.29) is 34.0 Å². The fourth-order valence-corrected chi connectivity index (χ4v) is 7.36. The molecule has 2 aromatic rings. The van der Waals surface area contributed by atoms with Gasteiger partial charge in [0.05, 0.1) is 32.3 Å². The summed E-state index contributed by atoms with van der Waals surface area (Å²) in [7, 11) is -2.22. The van der Waals surface area contributed by atoms with Crippen LogP contribution in [0.4, 0.5) is 4.39 Å². The Morgan fingerprint density at radius 3 is 2.50 bits per heavy atom. The van der Waals surface area contributed by atoms with Gasteiger partial charge < -0.3 is 10.0 Å². The molecule has 1 N–H and O–H groups in total. The molecule has 0 aliphatic carbocycles. The van der Waals surface area contributed by atoms with Gasteiger partial charge >= 0.3 is 0 Å². The zero-order valence-corrected chi connectivity index (χ0v) is 22.9. The van der Waals surface area contributed by atoms with Crippen LogP contribution in [-0.4, -0.2) is 35.8 Å². The van der Waals surface area contributed by atoms with Gasteiger partial charge in [0.15, 0.2) is 0 Å². The molecule has 0 saturated heterocycles. The number of aliphatic hydroxyl groups is 1. The van der Waals surface area contributed by atoms with Crippen LogP contribution in [0.5, 0.6) is 0 Å². The van der Waals surface area contributed by atoms with Crippen LogP contribution in [-0.2, 0) is 17.6 Å². The van der Waals surface area contributed by atoms with E-state index in [0.717, 1.165) is 15.6 Å². The van der Waals surface area contributed by atoms with Gasteiger partial charge in [-0.1, -0.05) is 79.6 Å². The van der Waals surface area contributed by atoms with E-state index in [4.69, 9.17) is 11.6 Å². The summed E-state index contributed by atoms with van der Waals surface area (Å²) in [5.74, 6) is -0.710. The topological polar surface area (TPSA) is 40.5 Å². The smallest absolute Gasteiger partial charge is 0.228 e. The molecule has 3 nitrogen and oxygen atoms in total. The summed E-state index contributed by atoms with van der Waals surface area (Å²) in [5.41, 5.74) is 1.72. The second kappa shape index (κ2) is 9.20. The van der Waals surface area contributed by atoms with Crippen molar-refractivity contribution in [2.24, 2.45) is 0 Å². The van der Waals surface area contributed by atoms with Crippen LogP contribution in [0.1, 0.15) is 50.4 Å². The number of hydrogen-bond acceptors (Lipinski definition) is 2. The van der Waals surface area contributed by atoms with Gasteiger partial charge in [-0.05, 0) is 47.7 Å². The number of hydrogen-bond donors (Lipinski definition) is 1. The van der Waals surface area contributed by atoms with E-state index in [1.807, 2.05) is 25.1 Å². The van der Waals surface area contributed by atoms with Crippen molar-refractivity contribution in [2.45, 2.75) is 76.5 Å². The minimum absolute atomic E-state index is 0.0621. The molecule has 1 unspecified atom stereocenters. The van der Waals surface area contributed by atoms with Gasteiger partial charge in [0.2, 0.25) is 5.91 Å². The zero-order valence-electron chi connectivity index (χ0n) is 19.5. The van der Waals surface area contributed by atoms with Crippen molar-refractivity contribution in [1.29, 1.82) is 0 Å². The first-order chi connectivity index (χ1) is 14.8. The Morgan fingerprint density at radius 1 is 1.28 bits per heavy atom. The van der Waals surface area contributed by atoms with Gasteiger partial charge in [0.25, 0.3) is 0 Å². The first-order valence-electron chi connectivity index (χ1n) is 11.0. The average Bonchev–Trinajstić information content (AvgIpc) is 2.69. The van der Waals surface area contributed by atoms with Crippen LogP contribution in [0.3, 0.4) is 0 Å². The van der Waals surface area contributed by atoms with Crippen molar-refractivity contribution >= 4 is 41.5 Å². The number of carbonyl (C=O) groups is 1. The lowest BCUT2D eigenvalue weighted by atomic mass is 9.88. The highest BCUT2D eigenvalue weighted by Crippen LogP contribution is 2.44. The number of aliphatic hydroxyl groups excluding tert-OH is 1. The third kappa shape index (κ3) is 4.56. The number of halogens is 3. The molecular formula is C25H32BrClFNO2Si. The summed E-state index contributed by atoms with van der Waals surface area (Å²) in [4.78, 5) is 15.4. The van der Waals surface area contributed by atoms with E-state index in [2.05, 4.69) is 49.8 Å². The maximum atomic E-state index is 14.5. The van der Waals surface area contributed by atoms with Crippen LogP contribution in [0, 0.1) is 5.82 Å². The van der Waals surface area contributed by atoms with Crippen LogP contribution in [0.2, 0.25) is 23.2 Å². The molecule has 32 heavy (non-hydrogen) atoms. The molecule has 1 heterocycles. The van der Waals surface area contributed by atoms with E-state index in [1.165, 1.54) is 12.1 Å². The predicted octanol–water partition coefficient (Wildman–Crippen LogP) is 6.71. The fourth-order valence-electron chi connectivity index (χ4n) is 4.46. The molecule has 0 bridgehead atoms. The molecule has 0 spiro atoms. The maximum absolute atomic E-state index is 14.5. The monoisotopic (exact) mass is 539 g/mol. The van der Waals surface area contributed by atoms with Gasteiger partial charge in [0.1, 0.15) is 5.82 Å². The number of carbonyl (C=O) groups excluding carboxylic acids is 1. The molecule has 3 atom stereocenters. The van der Waals surface area contributed by atoms with E-state index in [9.17, 15) is 14.3 Å². The first-order valence-corrected chi connectivity index (χ1v) is 15.2. The Balaban J connectivity index is 2.08. The van der Waals surface area contributed by atoms with Gasteiger partial charge in [0, 0.05) is 15.1 Å². The normalized spacial score (nSPS) is 20.1. The molecule has 7 heteroatoms. The molecule has 1 amide bonds. The Labute approximate surface area is 205 Å². The minimum atomic E-state index is -2.22. The average molecular weight is 541 g/mol. The van der Waals surface area contributed by atoms with Crippen LogP contribution in [0.25, 0.3) is 0 Å². The Bertz CT molecular complexity index is 1000.